The lowest BCUT2D eigenvalue weighted by Crippen LogP contribution is -2.38. The number of halogens is 1. The van der Waals surface area contributed by atoms with Crippen LogP contribution in [0, 0.1) is 5.82 Å². The SMILES string of the molecule is CCC(=O)Nc1ccc(N2CCCN(C(=O)Nc3ccccc3F)CC2)c(C(=O)N(C)Cc2ccccc2)c1. The van der Waals surface area contributed by atoms with Crippen molar-refractivity contribution in [3.05, 3.63) is 89.7 Å². The summed E-state index contributed by atoms with van der Waals surface area (Å²) < 4.78 is 14.0. The van der Waals surface area contributed by atoms with Gasteiger partial charge in [0.1, 0.15) is 5.82 Å². The third kappa shape index (κ3) is 7.13. The number of urea groups is 1. The van der Waals surface area contributed by atoms with Gasteiger partial charge in [-0.1, -0.05) is 49.4 Å². The van der Waals surface area contributed by atoms with Crippen LogP contribution in [0.5, 0.6) is 0 Å². The molecular weight excluding hydrogens is 497 g/mol. The first kappa shape index (κ1) is 27.6. The Morgan fingerprint density at radius 1 is 0.897 bits per heavy atom. The maximum Gasteiger partial charge on any atom is 0.321 e. The molecule has 0 saturated carbocycles. The van der Waals surface area contributed by atoms with Gasteiger partial charge in [0.05, 0.1) is 11.3 Å². The summed E-state index contributed by atoms with van der Waals surface area (Å²) in [5, 5.41) is 5.50. The molecule has 1 aliphatic rings. The number of anilines is 3. The maximum atomic E-state index is 14.0. The van der Waals surface area contributed by atoms with E-state index in [1.165, 1.54) is 12.1 Å². The highest BCUT2D eigenvalue weighted by atomic mass is 19.1. The van der Waals surface area contributed by atoms with E-state index in [4.69, 9.17) is 0 Å². The van der Waals surface area contributed by atoms with E-state index in [2.05, 4.69) is 15.5 Å². The summed E-state index contributed by atoms with van der Waals surface area (Å²) in [6.07, 6.45) is 1.00. The molecule has 3 aromatic rings. The second-order valence-corrected chi connectivity index (χ2v) is 9.52. The van der Waals surface area contributed by atoms with Crippen LogP contribution >= 0.6 is 0 Å². The largest absolute Gasteiger partial charge is 0.369 e. The van der Waals surface area contributed by atoms with Gasteiger partial charge in [-0.15, -0.1) is 0 Å². The van der Waals surface area contributed by atoms with E-state index < -0.39 is 5.82 Å². The van der Waals surface area contributed by atoms with E-state index in [0.717, 1.165) is 11.3 Å². The molecule has 0 radical (unpaired) electrons. The molecule has 204 valence electrons. The molecule has 1 fully saturated rings. The third-order valence-electron chi connectivity index (χ3n) is 6.68. The van der Waals surface area contributed by atoms with Crippen molar-refractivity contribution in [3.63, 3.8) is 0 Å². The Morgan fingerprint density at radius 3 is 2.38 bits per heavy atom. The van der Waals surface area contributed by atoms with E-state index in [-0.39, 0.29) is 23.5 Å². The van der Waals surface area contributed by atoms with E-state index in [1.807, 2.05) is 36.4 Å². The number of hydrogen-bond donors (Lipinski definition) is 2. The first-order valence-corrected chi connectivity index (χ1v) is 13.1. The molecule has 0 atom stereocenters. The van der Waals surface area contributed by atoms with Crippen molar-refractivity contribution >= 4 is 34.9 Å². The van der Waals surface area contributed by atoms with Crippen molar-refractivity contribution in [3.8, 4) is 0 Å². The van der Waals surface area contributed by atoms with Gasteiger partial charge in [-0.25, -0.2) is 9.18 Å². The molecular formula is C30H34FN5O3. The van der Waals surface area contributed by atoms with Crippen molar-refractivity contribution in [2.45, 2.75) is 26.3 Å². The van der Waals surface area contributed by atoms with Gasteiger partial charge < -0.3 is 25.3 Å². The summed E-state index contributed by atoms with van der Waals surface area (Å²) in [5.74, 6) is -0.787. The zero-order valence-electron chi connectivity index (χ0n) is 22.3. The predicted molar refractivity (Wildman–Crippen MR) is 151 cm³/mol. The van der Waals surface area contributed by atoms with Gasteiger partial charge in [0, 0.05) is 57.6 Å². The Bertz CT molecular complexity index is 1320. The number of amides is 4. The fourth-order valence-electron chi connectivity index (χ4n) is 4.56. The minimum atomic E-state index is -0.486. The lowest BCUT2D eigenvalue weighted by Gasteiger charge is -2.28. The highest BCUT2D eigenvalue weighted by Gasteiger charge is 2.25. The van der Waals surface area contributed by atoms with Crippen LogP contribution in [0.1, 0.15) is 35.7 Å². The second kappa shape index (κ2) is 12.9. The highest BCUT2D eigenvalue weighted by molar-refractivity contribution is 6.02. The normalized spacial score (nSPS) is 13.4. The van der Waals surface area contributed by atoms with Crippen LogP contribution < -0.4 is 15.5 Å². The number of rotatable bonds is 7. The number of carbonyl (C=O) groups is 3. The summed E-state index contributed by atoms with van der Waals surface area (Å²) in [5.41, 5.74) is 2.93. The van der Waals surface area contributed by atoms with Crippen molar-refractivity contribution in [2.24, 2.45) is 0 Å². The zero-order valence-corrected chi connectivity index (χ0v) is 22.3. The van der Waals surface area contributed by atoms with Gasteiger partial charge >= 0.3 is 6.03 Å². The summed E-state index contributed by atoms with van der Waals surface area (Å²) in [4.78, 5) is 44.0. The van der Waals surface area contributed by atoms with Crippen LogP contribution in [0.3, 0.4) is 0 Å². The first-order valence-electron chi connectivity index (χ1n) is 13.1. The van der Waals surface area contributed by atoms with Gasteiger partial charge in [-0.3, -0.25) is 9.59 Å². The van der Waals surface area contributed by atoms with E-state index in [0.29, 0.717) is 56.8 Å². The molecule has 0 unspecified atom stereocenters. The van der Waals surface area contributed by atoms with Crippen LogP contribution in [0.15, 0.2) is 72.8 Å². The van der Waals surface area contributed by atoms with Gasteiger partial charge in [0.15, 0.2) is 0 Å². The molecule has 4 rings (SSSR count). The quantitative estimate of drug-likeness (QED) is 0.440. The topological polar surface area (TPSA) is 85.0 Å². The molecule has 1 heterocycles. The Hall–Kier alpha value is -4.40. The standard InChI is InChI=1S/C30H34FN5O3/c1-3-28(37)32-23-14-15-27(24(20-23)29(38)34(2)21-22-10-5-4-6-11-22)35-16-9-17-36(19-18-35)30(39)33-26-13-8-7-12-25(26)31/h4-8,10-15,20H,3,9,16-19,21H2,1-2H3,(H,32,37)(H,33,39). The number of nitrogens with zero attached hydrogens (tertiary/aromatic N) is 3. The summed E-state index contributed by atoms with van der Waals surface area (Å²) >= 11 is 0. The average Bonchev–Trinajstić information content (AvgIpc) is 3.21. The summed E-state index contributed by atoms with van der Waals surface area (Å²) in [6.45, 7) is 4.24. The Labute approximate surface area is 228 Å². The van der Waals surface area contributed by atoms with Gasteiger partial charge in [-0.2, -0.15) is 0 Å². The molecule has 4 amide bonds. The average molecular weight is 532 g/mol. The fourth-order valence-corrected chi connectivity index (χ4v) is 4.56. The molecule has 1 saturated heterocycles. The van der Waals surface area contributed by atoms with E-state index in [1.54, 1.807) is 48.0 Å². The van der Waals surface area contributed by atoms with Crippen molar-refractivity contribution in [1.82, 2.24) is 9.80 Å². The summed E-state index contributed by atoms with van der Waals surface area (Å²) in [6, 6.07) is 20.8. The third-order valence-corrected chi connectivity index (χ3v) is 6.68. The van der Waals surface area contributed by atoms with Crippen LogP contribution in [0.2, 0.25) is 0 Å². The van der Waals surface area contributed by atoms with Crippen molar-refractivity contribution in [1.29, 1.82) is 0 Å². The number of para-hydroxylation sites is 1. The minimum absolute atomic E-state index is 0.134. The molecule has 9 heteroatoms. The van der Waals surface area contributed by atoms with Crippen LogP contribution in [0.25, 0.3) is 0 Å². The maximum absolute atomic E-state index is 14.0. The Kier molecular flexibility index (Phi) is 9.14. The Morgan fingerprint density at radius 2 is 1.64 bits per heavy atom. The predicted octanol–water partition coefficient (Wildman–Crippen LogP) is 5.19. The molecule has 3 aromatic carbocycles. The highest BCUT2D eigenvalue weighted by Crippen LogP contribution is 2.28. The Balaban J connectivity index is 1.53. The number of benzene rings is 3. The molecule has 1 aliphatic heterocycles. The summed E-state index contributed by atoms with van der Waals surface area (Å²) in [7, 11) is 1.76. The monoisotopic (exact) mass is 531 g/mol. The van der Waals surface area contributed by atoms with Crippen molar-refractivity contribution in [2.75, 3.05) is 48.8 Å². The van der Waals surface area contributed by atoms with Gasteiger partial charge in [0.25, 0.3) is 5.91 Å². The number of nitrogens with one attached hydrogen (secondary N) is 2. The van der Waals surface area contributed by atoms with E-state index >= 15 is 0 Å². The smallest absolute Gasteiger partial charge is 0.321 e. The van der Waals surface area contributed by atoms with E-state index in [9.17, 15) is 18.8 Å². The fraction of sp³-hybridized carbons (Fsp3) is 0.300. The molecule has 2 N–H and O–H groups in total. The van der Waals surface area contributed by atoms with Gasteiger partial charge in [0.2, 0.25) is 5.91 Å². The molecule has 39 heavy (non-hydrogen) atoms. The molecule has 0 spiro atoms. The molecule has 0 bridgehead atoms. The van der Waals surface area contributed by atoms with Crippen LogP contribution in [-0.4, -0.2) is 60.9 Å². The minimum Gasteiger partial charge on any atom is -0.369 e. The number of hydrogen-bond acceptors (Lipinski definition) is 4. The van der Waals surface area contributed by atoms with Crippen LogP contribution in [0.4, 0.5) is 26.2 Å². The molecule has 8 nitrogen and oxygen atoms in total. The lowest BCUT2D eigenvalue weighted by atomic mass is 10.1. The first-order chi connectivity index (χ1) is 18.9. The zero-order chi connectivity index (χ0) is 27.8. The number of carbonyl (C=O) groups excluding carboxylic acids is 3. The van der Waals surface area contributed by atoms with Crippen LogP contribution in [-0.2, 0) is 11.3 Å². The molecule has 0 aliphatic carbocycles. The lowest BCUT2D eigenvalue weighted by molar-refractivity contribution is -0.115. The molecule has 0 aromatic heterocycles. The van der Waals surface area contributed by atoms with Gasteiger partial charge in [-0.05, 0) is 42.3 Å². The van der Waals surface area contributed by atoms with Crippen molar-refractivity contribution < 1.29 is 18.8 Å². The second-order valence-electron chi connectivity index (χ2n) is 9.52.